The minimum absolute atomic E-state index is 0.181. The Bertz CT molecular complexity index is 1290. The van der Waals surface area contributed by atoms with Crippen molar-refractivity contribution in [3.05, 3.63) is 35.6 Å². The Morgan fingerprint density at radius 2 is 1.93 bits per heavy atom. The summed E-state index contributed by atoms with van der Waals surface area (Å²) in [6.07, 6.45) is 8.57. The normalized spacial score (nSPS) is 15.8. The first-order chi connectivity index (χ1) is 14.5. The molecule has 1 N–H and O–H groups in total. The van der Waals surface area contributed by atoms with Crippen LogP contribution in [0.1, 0.15) is 43.2 Å². The molecule has 30 heavy (non-hydrogen) atoms. The van der Waals surface area contributed by atoms with Gasteiger partial charge in [0.15, 0.2) is 17.0 Å². The average Bonchev–Trinajstić information content (AvgIpc) is 3.35. The number of imidazole rings is 1. The van der Waals surface area contributed by atoms with Crippen LogP contribution in [0.3, 0.4) is 0 Å². The molecule has 156 valence electrons. The summed E-state index contributed by atoms with van der Waals surface area (Å²) in [5.41, 5.74) is 2.11. The number of anilines is 1. The summed E-state index contributed by atoms with van der Waals surface area (Å²) in [6, 6.07) is 8.26. The molecular weight excluding hydrogens is 420 g/mol. The molecule has 0 amide bonds. The largest absolute Gasteiger partial charge is 0.362 e. The zero-order valence-corrected chi connectivity index (χ0v) is 18.2. The van der Waals surface area contributed by atoms with E-state index in [-0.39, 0.29) is 5.16 Å². The number of hydrogen-bond acceptors (Lipinski definition) is 8. The summed E-state index contributed by atoms with van der Waals surface area (Å²) in [4.78, 5) is 17.8. The van der Waals surface area contributed by atoms with Crippen LogP contribution < -0.4 is 5.32 Å². The molecule has 0 radical (unpaired) electrons. The molecule has 1 aliphatic rings. The zero-order valence-electron chi connectivity index (χ0n) is 16.6. The van der Waals surface area contributed by atoms with Crippen LogP contribution in [0.4, 0.5) is 5.82 Å². The van der Waals surface area contributed by atoms with Gasteiger partial charge in [0.1, 0.15) is 5.01 Å². The number of benzene rings is 1. The summed E-state index contributed by atoms with van der Waals surface area (Å²) in [6.45, 7) is 0.435. The van der Waals surface area contributed by atoms with E-state index in [1.54, 1.807) is 17.7 Å². The van der Waals surface area contributed by atoms with E-state index in [0.29, 0.717) is 29.6 Å². The van der Waals surface area contributed by atoms with Crippen molar-refractivity contribution in [2.45, 2.75) is 49.8 Å². The third-order valence-corrected chi connectivity index (χ3v) is 7.33. The van der Waals surface area contributed by atoms with Crippen LogP contribution in [-0.2, 0) is 16.4 Å². The van der Waals surface area contributed by atoms with Crippen molar-refractivity contribution < 1.29 is 8.42 Å². The van der Waals surface area contributed by atoms with Crippen LogP contribution in [0, 0.1) is 0 Å². The third-order valence-electron chi connectivity index (χ3n) is 5.45. The molecule has 1 saturated carbocycles. The summed E-state index contributed by atoms with van der Waals surface area (Å²) in [5.74, 6) is 0.425. The van der Waals surface area contributed by atoms with E-state index < -0.39 is 9.84 Å². The Kier molecular flexibility index (Phi) is 4.90. The number of thiazole rings is 1. The fourth-order valence-corrected chi connectivity index (χ4v) is 5.38. The number of nitrogens with zero attached hydrogens (tertiary/aromatic N) is 5. The van der Waals surface area contributed by atoms with E-state index in [2.05, 4.69) is 25.3 Å². The van der Waals surface area contributed by atoms with Crippen molar-refractivity contribution in [1.82, 2.24) is 24.5 Å². The third kappa shape index (κ3) is 3.65. The van der Waals surface area contributed by atoms with E-state index in [9.17, 15) is 8.42 Å². The monoisotopic (exact) mass is 442 g/mol. The van der Waals surface area contributed by atoms with Gasteiger partial charge in [-0.1, -0.05) is 31.4 Å². The van der Waals surface area contributed by atoms with E-state index in [1.807, 2.05) is 28.8 Å². The second-order valence-corrected chi connectivity index (χ2v) is 10.7. The van der Waals surface area contributed by atoms with Gasteiger partial charge in [-0.25, -0.2) is 18.4 Å². The maximum Gasteiger partial charge on any atom is 0.250 e. The Balaban J connectivity index is 1.53. The standard InChI is InChI=1S/C20H22N6O2S2/c1-30(27,28)20-24-18(21-11-16-23-14-9-5-6-10-15(14)29-16)17-19(25-20)26(12-22-17)13-7-3-2-4-8-13/h5-6,9-10,12-13H,2-4,7-8,11H2,1H3,(H,21,24,25). The first-order valence-corrected chi connectivity index (χ1v) is 12.7. The highest BCUT2D eigenvalue weighted by molar-refractivity contribution is 7.90. The molecule has 0 unspecified atom stereocenters. The van der Waals surface area contributed by atoms with E-state index >= 15 is 0 Å². The number of para-hydroxylation sites is 1. The van der Waals surface area contributed by atoms with Crippen LogP contribution >= 0.6 is 11.3 Å². The van der Waals surface area contributed by atoms with Gasteiger partial charge in [0.25, 0.3) is 5.16 Å². The van der Waals surface area contributed by atoms with E-state index in [4.69, 9.17) is 0 Å². The van der Waals surface area contributed by atoms with Crippen molar-refractivity contribution >= 4 is 48.4 Å². The molecule has 3 heterocycles. The van der Waals surface area contributed by atoms with Crippen LogP contribution in [0.25, 0.3) is 21.4 Å². The quantitative estimate of drug-likeness (QED) is 0.467. The summed E-state index contributed by atoms with van der Waals surface area (Å²) < 4.78 is 27.6. The van der Waals surface area contributed by atoms with Crippen LogP contribution in [-0.4, -0.2) is 39.2 Å². The van der Waals surface area contributed by atoms with Gasteiger partial charge in [0, 0.05) is 12.3 Å². The molecule has 3 aromatic heterocycles. The highest BCUT2D eigenvalue weighted by atomic mass is 32.2. The van der Waals surface area contributed by atoms with Crippen molar-refractivity contribution in [2.24, 2.45) is 0 Å². The number of fused-ring (bicyclic) bond motifs is 2. The molecule has 0 atom stereocenters. The SMILES string of the molecule is CS(=O)(=O)c1nc(NCc2nc3ccccc3s2)c2ncn(C3CCCCC3)c2n1. The maximum atomic E-state index is 12.2. The molecule has 0 spiro atoms. The van der Waals surface area contributed by atoms with E-state index in [1.165, 1.54) is 6.42 Å². The minimum atomic E-state index is -3.56. The Morgan fingerprint density at radius 3 is 2.70 bits per heavy atom. The highest BCUT2D eigenvalue weighted by Gasteiger charge is 2.23. The Morgan fingerprint density at radius 1 is 1.13 bits per heavy atom. The highest BCUT2D eigenvalue weighted by Crippen LogP contribution is 2.32. The summed E-state index contributed by atoms with van der Waals surface area (Å²) in [5, 5.41) is 3.97. The van der Waals surface area contributed by atoms with Gasteiger partial charge in [-0.05, 0) is 25.0 Å². The van der Waals surface area contributed by atoms with Gasteiger partial charge in [-0.2, -0.15) is 9.97 Å². The number of nitrogens with one attached hydrogen (secondary N) is 1. The van der Waals surface area contributed by atoms with Gasteiger partial charge in [0.05, 0.1) is 23.1 Å². The van der Waals surface area contributed by atoms with Crippen molar-refractivity contribution in [2.75, 3.05) is 11.6 Å². The summed E-state index contributed by atoms with van der Waals surface area (Å²) in [7, 11) is -3.56. The van der Waals surface area contributed by atoms with Gasteiger partial charge < -0.3 is 9.88 Å². The average molecular weight is 443 g/mol. The van der Waals surface area contributed by atoms with Crippen molar-refractivity contribution in [3.63, 3.8) is 0 Å². The van der Waals surface area contributed by atoms with Crippen molar-refractivity contribution in [1.29, 1.82) is 0 Å². The number of rotatable bonds is 5. The Hall–Kier alpha value is -2.59. The Labute approximate surface area is 178 Å². The lowest BCUT2D eigenvalue weighted by atomic mass is 9.95. The van der Waals surface area contributed by atoms with Gasteiger partial charge in [-0.3, -0.25) is 0 Å². The topological polar surface area (TPSA) is 103 Å². The first kappa shape index (κ1) is 19.4. The molecule has 5 rings (SSSR count). The first-order valence-electron chi connectivity index (χ1n) is 10.0. The predicted octanol–water partition coefficient (Wildman–Crippen LogP) is 3.96. The number of hydrogen-bond donors (Lipinski definition) is 1. The van der Waals surface area contributed by atoms with Crippen LogP contribution in [0.5, 0.6) is 0 Å². The molecule has 8 nitrogen and oxygen atoms in total. The lowest BCUT2D eigenvalue weighted by Crippen LogP contribution is -2.14. The molecule has 1 aromatic carbocycles. The predicted molar refractivity (Wildman–Crippen MR) is 118 cm³/mol. The van der Waals surface area contributed by atoms with Crippen LogP contribution in [0.15, 0.2) is 35.7 Å². The number of aromatic nitrogens is 5. The maximum absolute atomic E-state index is 12.2. The fraction of sp³-hybridized carbons (Fsp3) is 0.400. The second-order valence-electron chi connectivity index (χ2n) is 7.67. The molecule has 1 fully saturated rings. The summed E-state index contributed by atoms with van der Waals surface area (Å²) >= 11 is 1.60. The van der Waals surface area contributed by atoms with Gasteiger partial charge in [-0.15, -0.1) is 11.3 Å². The second kappa shape index (κ2) is 7.59. The fourth-order valence-electron chi connectivity index (χ4n) is 3.97. The van der Waals surface area contributed by atoms with E-state index in [0.717, 1.165) is 47.2 Å². The van der Waals surface area contributed by atoms with Gasteiger partial charge in [0.2, 0.25) is 9.84 Å². The smallest absolute Gasteiger partial charge is 0.250 e. The minimum Gasteiger partial charge on any atom is -0.362 e. The molecule has 0 aliphatic heterocycles. The van der Waals surface area contributed by atoms with Crippen LogP contribution in [0.2, 0.25) is 0 Å². The van der Waals surface area contributed by atoms with Crippen molar-refractivity contribution in [3.8, 4) is 0 Å². The lowest BCUT2D eigenvalue weighted by Gasteiger charge is -2.23. The molecule has 1 aliphatic carbocycles. The zero-order chi connectivity index (χ0) is 20.7. The van der Waals surface area contributed by atoms with Gasteiger partial charge >= 0.3 is 0 Å². The number of sulfone groups is 1. The molecule has 10 heteroatoms. The lowest BCUT2D eigenvalue weighted by molar-refractivity contribution is 0.358. The molecule has 0 saturated heterocycles. The molecule has 4 aromatic rings. The molecular formula is C20H22N6O2S2. The molecule has 0 bridgehead atoms.